The van der Waals surface area contributed by atoms with Crippen molar-refractivity contribution in [3.63, 3.8) is 0 Å². The second-order valence-corrected chi connectivity index (χ2v) is 4.96. The topological polar surface area (TPSA) is 37.4 Å². The molecular weight excluding hydrogens is 226 g/mol. The number of nitrogens with one attached hydrogen (secondary N) is 1. The Morgan fingerprint density at radius 3 is 3.11 bits per heavy atom. The SMILES string of the molecule is CCNc1ncccc1CN1CC(C)OCC1C. The summed E-state index contributed by atoms with van der Waals surface area (Å²) in [4.78, 5) is 6.87. The number of nitrogens with zero attached hydrogens (tertiary/aromatic N) is 2. The van der Waals surface area contributed by atoms with Crippen molar-refractivity contribution in [2.75, 3.05) is 25.0 Å². The van der Waals surface area contributed by atoms with Gasteiger partial charge in [0.1, 0.15) is 5.82 Å². The number of morpholine rings is 1. The molecule has 4 nitrogen and oxygen atoms in total. The van der Waals surface area contributed by atoms with Crippen LogP contribution in [0.2, 0.25) is 0 Å². The Labute approximate surface area is 109 Å². The van der Waals surface area contributed by atoms with Crippen molar-refractivity contribution in [1.29, 1.82) is 0 Å². The Bertz CT molecular complexity index is 383. The van der Waals surface area contributed by atoms with E-state index >= 15 is 0 Å². The van der Waals surface area contributed by atoms with E-state index in [2.05, 4.69) is 42.0 Å². The molecule has 2 unspecified atom stereocenters. The van der Waals surface area contributed by atoms with Crippen molar-refractivity contribution in [3.8, 4) is 0 Å². The van der Waals surface area contributed by atoms with Crippen LogP contribution in [0.5, 0.6) is 0 Å². The monoisotopic (exact) mass is 249 g/mol. The van der Waals surface area contributed by atoms with E-state index in [4.69, 9.17) is 4.74 Å². The number of hydrogen-bond donors (Lipinski definition) is 1. The molecule has 2 atom stereocenters. The summed E-state index contributed by atoms with van der Waals surface area (Å²) in [5.74, 6) is 1.01. The maximum absolute atomic E-state index is 5.66. The van der Waals surface area contributed by atoms with Crippen LogP contribution >= 0.6 is 0 Å². The van der Waals surface area contributed by atoms with Crippen LogP contribution in [0.1, 0.15) is 26.3 Å². The molecule has 4 heteroatoms. The first-order chi connectivity index (χ1) is 8.70. The largest absolute Gasteiger partial charge is 0.376 e. The van der Waals surface area contributed by atoms with Gasteiger partial charge in [-0.2, -0.15) is 0 Å². The van der Waals surface area contributed by atoms with E-state index in [9.17, 15) is 0 Å². The van der Waals surface area contributed by atoms with Gasteiger partial charge in [-0.05, 0) is 26.8 Å². The van der Waals surface area contributed by atoms with Crippen LogP contribution in [0.3, 0.4) is 0 Å². The van der Waals surface area contributed by atoms with Gasteiger partial charge in [0.25, 0.3) is 0 Å². The lowest BCUT2D eigenvalue weighted by Crippen LogP contribution is -2.46. The molecule has 18 heavy (non-hydrogen) atoms. The summed E-state index contributed by atoms with van der Waals surface area (Å²) in [6, 6.07) is 4.62. The molecule has 0 aromatic carbocycles. The molecule has 1 aromatic rings. The van der Waals surface area contributed by atoms with Gasteiger partial charge < -0.3 is 10.1 Å². The summed E-state index contributed by atoms with van der Waals surface area (Å²) in [5, 5.41) is 3.32. The second-order valence-electron chi connectivity index (χ2n) is 4.96. The molecule has 0 spiro atoms. The highest BCUT2D eigenvalue weighted by Gasteiger charge is 2.24. The Kier molecular flexibility index (Phi) is 4.55. The molecule has 1 aliphatic rings. The average Bonchev–Trinajstić information content (AvgIpc) is 2.36. The lowest BCUT2D eigenvalue weighted by molar-refractivity contribution is -0.0526. The van der Waals surface area contributed by atoms with E-state index in [0.717, 1.165) is 32.1 Å². The van der Waals surface area contributed by atoms with Crippen molar-refractivity contribution in [2.45, 2.75) is 39.5 Å². The molecule has 2 rings (SSSR count). The lowest BCUT2D eigenvalue weighted by Gasteiger charge is -2.37. The Morgan fingerprint density at radius 2 is 2.33 bits per heavy atom. The molecule has 100 valence electrons. The van der Waals surface area contributed by atoms with Crippen LogP contribution in [0.4, 0.5) is 5.82 Å². The first kappa shape index (κ1) is 13.3. The first-order valence-electron chi connectivity index (χ1n) is 6.74. The number of aromatic nitrogens is 1. The smallest absolute Gasteiger partial charge is 0.130 e. The van der Waals surface area contributed by atoms with Gasteiger partial charge in [0, 0.05) is 37.4 Å². The highest BCUT2D eigenvalue weighted by atomic mass is 16.5. The number of hydrogen-bond acceptors (Lipinski definition) is 4. The van der Waals surface area contributed by atoms with Crippen LogP contribution in [0, 0.1) is 0 Å². The zero-order chi connectivity index (χ0) is 13.0. The van der Waals surface area contributed by atoms with Gasteiger partial charge in [0.2, 0.25) is 0 Å². The van der Waals surface area contributed by atoms with Crippen LogP contribution in [-0.4, -0.2) is 41.7 Å². The minimum absolute atomic E-state index is 0.320. The van der Waals surface area contributed by atoms with E-state index < -0.39 is 0 Å². The fourth-order valence-corrected chi connectivity index (χ4v) is 2.30. The first-order valence-corrected chi connectivity index (χ1v) is 6.74. The lowest BCUT2D eigenvalue weighted by atomic mass is 10.1. The number of rotatable bonds is 4. The minimum atomic E-state index is 0.320. The van der Waals surface area contributed by atoms with Crippen molar-refractivity contribution in [1.82, 2.24) is 9.88 Å². The highest BCUT2D eigenvalue weighted by Crippen LogP contribution is 2.19. The number of pyridine rings is 1. The molecule has 1 fully saturated rings. The summed E-state index contributed by atoms with van der Waals surface area (Å²) >= 11 is 0. The predicted molar refractivity (Wildman–Crippen MR) is 73.7 cm³/mol. The van der Waals surface area contributed by atoms with Gasteiger partial charge in [-0.1, -0.05) is 6.07 Å². The van der Waals surface area contributed by atoms with E-state index in [1.807, 2.05) is 12.3 Å². The Morgan fingerprint density at radius 1 is 1.50 bits per heavy atom. The molecule has 1 N–H and O–H groups in total. The van der Waals surface area contributed by atoms with Gasteiger partial charge in [-0.15, -0.1) is 0 Å². The van der Waals surface area contributed by atoms with Gasteiger partial charge >= 0.3 is 0 Å². The van der Waals surface area contributed by atoms with Crippen molar-refractivity contribution in [2.24, 2.45) is 0 Å². The van der Waals surface area contributed by atoms with Crippen LogP contribution in [0.15, 0.2) is 18.3 Å². The molecule has 1 saturated heterocycles. The summed E-state index contributed by atoms with van der Waals surface area (Å²) < 4.78 is 5.66. The molecular formula is C14H23N3O. The normalized spacial score (nSPS) is 25.1. The maximum atomic E-state index is 5.66. The Hall–Kier alpha value is -1.13. The van der Waals surface area contributed by atoms with Crippen LogP contribution < -0.4 is 5.32 Å². The summed E-state index contributed by atoms with van der Waals surface area (Å²) in [6.45, 7) is 10.1. The van der Waals surface area contributed by atoms with Gasteiger partial charge in [0.05, 0.1) is 12.7 Å². The molecule has 0 amide bonds. The van der Waals surface area contributed by atoms with Crippen molar-refractivity contribution >= 4 is 5.82 Å². The highest BCUT2D eigenvalue weighted by molar-refractivity contribution is 5.43. The predicted octanol–water partition coefficient (Wildman–Crippen LogP) is 2.12. The van der Waals surface area contributed by atoms with E-state index in [1.165, 1.54) is 5.56 Å². The summed E-state index contributed by atoms with van der Waals surface area (Å²) in [6.07, 6.45) is 2.16. The van der Waals surface area contributed by atoms with E-state index in [1.54, 1.807) is 0 Å². The molecule has 2 heterocycles. The third-order valence-corrected chi connectivity index (χ3v) is 3.35. The van der Waals surface area contributed by atoms with Gasteiger partial charge in [-0.25, -0.2) is 4.98 Å². The number of ether oxygens (including phenoxy) is 1. The van der Waals surface area contributed by atoms with Gasteiger partial charge in [0.15, 0.2) is 0 Å². The van der Waals surface area contributed by atoms with Crippen LogP contribution in [-0.2, 0) is 11.3 Å². The summed E-state index contributed by atoms with van der Waals surface area (Å²) in [5.41, 5.74) is 1.26. The molecule has 0 bridgehead atoms. The quantitative estimate of drug-likeness (QED) is 0.887. The molecule has 0 radical (unpaired) electrons. The third kappa shape index (κ3) is 3.21. The molecule has 0 aliphatic carbocycles. The maximum Gasteiger partial charge on any atom is 0.130 e. The standard InChI is InChI=1S/C14H23N3O/c1-4-15-14-13(6-5-7-16-14)9-17-8-12(3)18-10-11(17)2/h5-7,11-12H,4,8-10H2,1-3H3,(H,15,16). The molecule has 1 aliphatic heterocycles. The van der Waals surface area contributed by atoms with Crippen molar-refractivity contribution < 1.29 is 4.74 Å². The fourth-order valence-electron chi connectivity index (χ4n) is 2.30. The minimum Gasteiger partial charge on any atom is -0.376 e. The third-order valence-electron chi connectivity index (χ3n) is 3.35. The van der Waals surface area contributed by atoms with Crippen LogP contribution in [0.25, 0.3) is 0 Å². The van der Waals surface area contributed by atoms with E-state index in [-0.39, 0.29) is 0 Å². The second kappa shape index (κ2) is 6.16. The Balaban J connectivity index is 2.07. The zero-order valence-corrected chi connectivity index (χ0v) is 11.5. The summed E-state index contributed by atoms with van der Waals surface area (Å²) in [7, 11) is 0. The molecule has 1 aromatic heterocycles. The molecule has 0 saturated carbocycles. The fraction of sp³-hybridized carbons (Fsp3) is 0.643. The average molecular weight is 249 g/mol. The number of anilines is 1. The zero-order valence-electron chi connectivity index (χ0n) is 11.5. The van der Waals surface area contributed by atoms with Crippen molar-refractivity contribution in [3.05, 3.63) is 23.9 Å². The van der Waals surface area contributed by atoms with E-state index in [0.29, 0.717) is 12.1 Å². The van der Waals surface area contributed by atoms with Gasteiger partial charge in [-0.3, -0.25) is 4.90 Å².